The Balaban J connectivity index is 1.61. The summed E-state index contributed by atoms with van der Waals surface area (Å²) in [6, 6.07) is 6.46. The zero-order valence-electron chi connectivity index (χ0n) is 12.4. The summed E-state index contributed by atoms with van der Waals surface area (Å²) in [4.78, 5) is 21.1. The second kappa shape index (κ2) is 7.19. The SMILES string of the molecule is O=C(Nc1ccc(OCC(F)(F)F)nc1)c1csc(-c2cccs2)n1. The van der Waals surface area contributed by atoms with Gasteiger partial charge in [-0.15, -0.1) is 22.7 Å². The third kappa shape index (κ3) is 4.77. The molecule has 5 nitrogen and oxygen atoms in total. The van der Waals surface area contributed by atoms with Crippen LogP contribution in [0.2, 0.25) is 0 Å². The molecule has 0 aromatic carbocycles. The number of ether oxygens (including phenoxy) is 1. The molecule has 1 N–H and O–H groups in total. The van der Waals surface area contributed by atoms with Crippen LogP contribution in [0.4, 0.5) is 18.9 Å². The van der Waals surface area contributed by atoms with Gasteiger partial charge in [-0.1, -0.05) is 6.07 Å². The maximum Gasteiger partial charge on any atom is 0.422 e. The Morgan fingerprint density at radius 2 is 2.08 bits per heavy atom. The average molecular weight is 385 g/mol. The summed E-state index contributed by atoms with van der Waals surface area (Å²) in [5.41, 5.74) is 0.584. The minimum Gasteiger partial charge on any atom is -0.468 e. The minimum absolute atomic E-state index is 0.177. The Kier molecular flexibility index (Phi) is 5.00. The number of hydrogen-bond donors (Lipinski definition) is 1. The van der Waals surface area contributed by atoms with E-state index >= 15 is 0 Å². The third-order valence-electron chi connectivity index (χ3n) is 2.85. The molecule has 0 atom stereocenters. The normalized spacial score (nSPS) is 11.3. The molecule has 0 fully saturated rings. The van der Waals surface area contributed by atoms with Crippen LogP contribution < -0.4 is 10.1 Å². The van der Waals surface area contributed by atoms with E-state index < -0.39 is 18.7 Å². The fraction of sp³-hybridized carbons (Fsp3) is 0.133. The highest BCUT2D eigenvalue weighted by Gasteiger charge is 2.28. The van der Waals surface area contributed by atoms with Gasteiger partial charge in [0, 0.05) is 11.4 Å². The van der Waals surface area contributed by atoms with Crippen molar-refractivity contribution < 1.29 is 22.7 Å². The lowest BCUT2D eigenvalue weighted by molar-refractivity contribution is -0.154. The number of pyridine rings is 1. The monoisotopic (exact) mass is 385 g/mol. The van der Waals surface area contributed by atoms with Crippen molar-refractivity contribution in [2.45, 2.75) is 6.18 Å². The fourth-order valence-electron chi connectivity index (χ4n) is 1.78. The summed E-state index contributed by atoms with van der Waals surface area (Å²) in [5, 5.41) is 6.89. The summed E-state index contributed by atoms with van der Waals surface area (Å²) in [5.74, 6) is -0.603. The maximum atomic E-state index is 12.2. The molecule has 0 aliphatic carbocycles. The molecule has 0 radical (unpaired) electrons. The van der Waals surface area contributed by atoms with E-state index in [2.05, 4.69) is 20.0 Å². The molecule has 0 aliphatic rings. The van der Waals surface area contributed by atoms with Gasteiger partial charge in [0.15, 0.2) is 6.61 Å². The van der Waals surface area contributed by atoms with Crippen LogP contribution in [0.25, 0.3) is 9.88 Å². The Morgan fingerprint density at radius 1 is 1.24 bits per heavy atom. The largest absolute Gasteiger partial charge is 0.468 e. The summed E-state index contributed by atoms with van der Waals surface area (Å²) >= 11 is 2.88. The van der Waals surface area contributed by atoms with Crippen LogP contribution >= 0.6 is 22.7 Å². The highest BCUT2D eigenvalue weighted by molar-refractivity contribution is 7.20. The number of carbonyl (C=O) groups is 1. The molecule has 3 aromatic rings. The van der Waals surface area contributed by atoms with Crippen LogP contribution in [0.5, 0.6) is 5.88 Å². The van der Waals surface area contributed by atoms with E-state index in [9.17, 15) is 18.0 Å². The number of halogens is 3. The molecule has 3 aromatic heterocycles. The van der Waals surface area contributed by atoms with Gasteiger partial charge in [0.05, 0.1) is 16.8 Å². The highest BCUT2D eigenvalue weighted by atomic mass is 32.1. The van der Waals surface area contributed by atoms with Crippen molar-refractivity contribution in [1.82, 2.24) is 9.97 Å². The number of amides is 1. The van der Waals surface area contributed by atoms with Gasteiger partial charge in [0.2, 0.25) is 5.88 Å². The van der Waals surface area contributed by atoms with Crippen molar-refractivity contribution in [3.63, 3.8) is 0 Å². The third-order valence-corrected chi connectivity index (χ3v) is 4.73. The van der Waals surface area contributed by atoms with E-state index in [-0.39, 0.29) is 11.6 Å². The van der Waals surface area contributed by atoms with Crippen LogP contribution in [-0.4, -0.2) is 28.7 Å². The van der Waals surface area contributed by atoms with Crippen molar-refractivity contribution in [3.8, 4) is 15.8 Å². The van der Waals surface area contributed by atoms with Gasteiger partial charge >= 0.3 is 6.18 Å². The van der Waals surface area contributed by atoms with E-state index in [4.69, 9.17) is 0 Å². The first-order chi connectivity index (χ1) is 11.9. The lowest BCUT2D eigenvalue weighted by atomic mass is 10.3. The number of aromatic nitrogens is 2. The van der Waals surface area contributed by atoms with Gasteiger partial charge in [-0.25, -0.2) is 9.97 Å². The quantitative estimate of drug-likeness (QED) is 0.704. The predicted molar refractivity (Wildman–Crippen MR) is 89.2 cm³/mol. The molecule has 0 aliphatic heterocycles. The van der Waals surface area contributed by atoms with Gasteiger partial charge < -0.3 is 10.1 Å². The molecule has 25 heavy (non-hydrogen) atoms. The number of hydrogen-bond acceptors (Lipinski definition) is 6. The van der Waals surface area contributed by atoms with Gasteiger partial charge in [-0.2, -0.15) is 13.2 Å². The van der Waals surface area contributed by atoms with E-state index in [0.29, 0.717) is 5.69 Å². The molecular weight excluding hydrogens is 375 g/mol. The second-order valence-electron chi connectivity index (χ2n) is 4.76. The Morgan fingerprint density at radius 3 is 2.72 bits per heavy atom. The molecule has 0 saturated carbocycles. The number of thiophene rings is 1. The number of rotatable bonds is 5. The smallest absolute Gasteiger partial charge is 0.422 e. The van der Waals surface area contributed by atoms with E-state index in [1.807, 2.05) is 17.5 Å². The minimum atomic E-state index is -4.43. The number of carbonyl (C=O) groups excluding carboxylic acids is 1. The van der Waals surface area contributed by atoms with E-state index in [0.717, 1.165) is 9.88 Å². The van der Waals surface area contributed by atoms with Crippen LogP contribution in [0.3, 0.4) is 0 Å². The van der Waals surface area contributed by atoms with Crippen molar-refractivity contribution in [3.05, 3.63) is 46.9 Å². The molecule has 0 saturated heterocycles. The van der Waals surface area contributed by atoms with Crippen molar-refractivity contribution in [2.75, 3.05) is 11.9 Å². The molecule has 0 bridgehead atoms. The first kappa shape index (κ1) is 17.4. The molecule has 3 rings (SSSR count). The van der Waals surface area contributed by atoms with Gasteiger partial charge in [0.1, 0.15) is 10.7 Å². The lowest BCUT2D eigenvalue weighted by Crippen LogP contribution is -2.19. The standard InChI is InChI=1S/C15H10F3N3O2S2/c16-15(17,18)8-23-12-4-3-9(6-19-12)20-13(22)10-7-25-14(21-10)11-2-1-5-24-11/h1-7H,8H2,(H,20,22). The molecule has 10 heteroatoms. The molecular formula is C15H10F3N3O2S2. The zero-order chi connectivity index (χ0) is 17.9. The topological polar surface area (TPSA) is 64.1 Å². The van der Waals surface area contributed by atoms with E-state index in [1.54, 1.807) is 5.38 Å². The average Bonchev–Trinajstić information content (AvgIpc) is 3.24. The van der Waals surface area contributed by atoms with Crippen LogP contribution in [-0.2, 0) is 0 Å². The fourth-order valence-corrected chi connectivity index (χ4v) is 3.40. The second-order valence-corrected chi connectivity index (χ2v) is 6.56. The number of nitrogens with one attached hydrogen (secondary N) is 1. The van der Waals surface area contributed by atoms with Crippen LogP contribution in [0.15, 0.2) is 41.2 Å². The first-order valence-corrected chi connectivity index (χ1v) is 8.63. The Hall–Kier alpha value is -2.46. The van der Waals surface area contributed by atoms with Crippen molar-refractivity contribution in [2.24, 2.45) is 0 Å². The summed E-state index contributed by atoms with van der Waals surface area (Å²) in [6.07, 6.45) is -3.21. The van der Waals surface area contributed by atoms with E-state index in [1.165, 1.54) is 41.0 Å². The summed E-state index contributed by atoms with van der Waals surface area (Å²) in [7, 11) is 0. The van der Waals surface area contributed by atoms with Crippen molar-refractivity contribution in [1.29, 1.82) is 0 Å². The van der Waals surface area contributed by atoms with Gasteiger partial charge in [-0.3, -0.25) is 4.79 Å². The summed E-state index contributed by atoms with van der Waals surface area (Å²) in [6.45, 7) is -1.42. The highest BCUT2D eigenvalue weighted by Crippen LogP contribution is 2.28. The maximum absolute atomic E-state index is 12.2. The lowest BCUT2D eigenvalue weighted by Gasteiger charge is -2.08. The van der Waals surface area contributed by atoms with Crippen LogP contribution in [0.1, 0.15) is 10.5 Å². The Labute approximate surface area is 148 Å². The summed E-state index contributed by atoms with van der Waals surface area (Å²) < 4.78 is 40.7. The van der Waals surface area contributed by atoms with Crippen LogP contribution in [0, 0.1) is 0 Å². The molecule has 0 spiro atoms. The predicted octanol–water partition coefficient (Wildman–Crippen LogP) is 4.46. The molecule has 0 unspecified atom stereocenters. The number of thiazole rings is 1. The molecule has 1 amide bonds. The Bertz CT molecular complexity index is 846. The van der Waals surface area contributed by atoms with Gasteiger partial charge in [0.25, 0.3) is 5.91 Å². The van der Waals surface area contributed by atoms with Gasteiger partial charge in [-0.05, 0) is 17.5 Å². The number of nitrogens with zero attached hydrogens (tertiary/aromatic N) is 2. The molecule has 3 heterocycles. The number of alkyl halides is 3. The molecule has 130 valence electrons. The first-order valence-electron chi connectivity index (χ1n) is 6.87. The number of anilines is 1. The van der Waals surface area contributed by atoms with Crippen molar-refractivity contribution >= 4 is 34.3 Å². The zero-order valence-corrected chi connectivity index (χ0v) is 14.0.